The van der Waals surface area contributed by atoms with Crippen molar-refractivity contribution in [2.24, 2.45) is 5.10 Å². The number of fused-ring (bicyclic) bond motifs is 1. The number of ether oxygens (including phenoxy) is 1. The van der Waals surface area contributed by atoms with Crippen molar-refractivity contribution in [3.05, 3.63) is 96.4 Å². The minimum Gasteiger partial charge on any atom is -0.457 e. The van der Waals surface area contributed by atoms with E-state index >= 15 is 0 Å². The lowest BCUT2D eigenvalue weighted by molar-refractivity contribution is -0.136. The number of anilines is 1. The van der Waals surface area contributed by atoms with Crippen LogP contribution in [0.25, 0.3) is 10.8 Å². The van der Waals surface area contributed by atoms with E-state index in [2.05, 4.69) is 15.8 Å². The average Bonchev–Trinajstić information content (AvgIpc) is 3.36. The van der Waals surface area contributed by atoms with Crippen LogP contribution in [0.15, 0.2) is 94.6 Å². The van der Waals surface area contributed by atoms with Gasteiger partial charge in [0.1, 0.15) is 5.75 Å². The average molecular weight is 427 g/mol. The Morgan fingerprint density at radius 3 is 2.41 bits per heavy atom. The van der Waals surface area contributed by atoms with Gasteiger partial charge in [-0.1, -0.05) is 36.4 Å². The first kappa shape index (κ1) is 20.5. The van der Waals surface area contributed by atoms with Crippen molar-refractivity contribution in [2.45, 2.75) is 0 Å². The van der Waals surface area contributed by atoms with E-state index < -0.39 is 17.8 Å². The second kappa shape index (κ2) is 9.40. The van der Waals surface area contributed by atoms with Crippen LogP contribution < -0.4 is 15.5 Å². The molecule has 2 amide bonds. The molecule has 0 bridgehead atoms. The highest BCUT2D eigenvalue weighted by Gasteiger charge is 2.14. The summed E-state index contributed by atoms with van der Waals surface area (Å²) < 4.78 is 10.2. The van der Waals surface area contributed by atoms with Crippen LogP contribution in [0.4, 0.5) is 5.69 Å². The molecule has 0 spiro atoms. The summed E-state index contributed by atoms with van der Waals surface area (Å²) in [5.74, 6) is -1.93. The molecule has 0 aliphatic rings. The summed E-state index contributed by atoms with van der Waals surface area (Å²) in [7, 11) is 0. The minimum absolute atomic E-state index is 0.0973. The molecule has 0 radical (unpaired) electrons. The van der Waals surface area contributed by atoms with Crippen molar-refractivity contribution in [3.63, 3.8) is 0 Å². The third kappa shape index (κ3) is 4.88. The number of rotatable bonds is 5. The second-order valence-electron chi connectivity index (χ2n) is 6.62. The number of benzene rings is 3. The van der Waals surface area contributed by atoms with Gasteiger partial charge in [-0.15, -0.1) is 0 Å². The lowest BCUT2D eigenvalue weighted by Gasteiger charge is -2.07. The molecule has 4 aromatic rings. The number of nitrogens with zero attached hydrogens (tertiary/aromatic N) is 1. The van der Waals surface area contributed by atoms with Gasteiger partial charge in [0, 0.05) is 11.1 Å². The van der Waals surface area contributed by atoms with E-state index in [0.29, 0.717) is 17.0 Å². The van der Waals surface area contributed by atoms with Crippen molar-refractivity contribution < 1.29 is 23.5 Å². The van der Waals surface area contributed by atoms with Gasteiger partial charge >= 0.3 is 17.8 Å². The Bertz CT molecular complexity index is 1290. The summed E-state index contributed by atoms with van der Waals surface area (Å²) in [6.07, 6.45) is 2.74. The van der Waals surface area contributed by atoms with Crippen LogP contribution >= 0.6 is 0 Å². The molecule has 2 N–H and O–H groups in total. The third-order valence-corrected chi connectivity index (χ3v) is 4.44. The Morgan fingerprint density at radius 2 is 1.62 bits per heavy atom. The van der Waals surface area contributed by atoms with E-state index in [9.17, 15) is 14.4 Å². The van der Waals surface area contributed by atoms with Crippen molar-refractivity contribution in [1.82, 2.24) is 5.43 Å². The van der Waals surface area contributed by atoms with E-state index in [0.717, 1.165) is 10.8 Å². The number of furan rings is 1. The summed E-state index contributed by atoms with van der Waals surface area (Å²) in [5, 5.41) is 8.15. The van der Waals surface area contributed by atoms with Gasteiger partial charge in [-0.2, -0.15) is 5.10 Å². The lowest BCUT2D eigenvalue weighted by atomic mass is 10.1. The molecule has 3 aromatic carbocycles. The fourth-order valence-electron chi connectivity index (χ4n) is 2.90. The van der Waals surface area contributed by atoms with Crippen LogP contribution in [-0.2, 0) is 9.59 Å². The second-order valence-corrected chi connectivity index (χ2v) is 6.62. The molecule has 8 heteroatoms. The zero-order valence-corrected chi connectivity index (χ0v) is 16.6. The fourth-order valence-corrected chi connectivity index (χ4v) is 2.90. The van der Waals surface area contributed by atoms with Gasteiger partial charge in [0.2, 0.25) is 5.76 Å². The monoisotopic (exact) mass is 427 g/mol. The molecule has 158 valence electrons. The van der Waals surface area contributed by atoms with E-state index in [1.807, 2.05) is 30.3 Å². The molecule has 0 saturated carbocycles. The van der Waals surface area contributed by atoms with E-state index in [-0.39, 0.29) is 5.76 Å². The van der Waals surface area contributed by atoms with Crippen LogP contribution in [0.1, 0.15) is 16.1 Å². The largest absolute Gasteiger partial charge is 0.457 e. The van der Waals surface area contributed by atoms with Gasteiger partial charge in [0.15, 0.2) is 0 Å². The number of esters is 1. The summed E-state index contributed by atoms with van der Waals surface area (Å²) in [4.78, 5) is 36.1. The van der Waals surface area contributed by atoms with Crippen LogP contribution in [0.5, 0.6) is 5.75 Å². The SMILES string of the molecule is O=C(N/N=C/c1ccc(OC(=O)c2ccco2)cc1)C(=O)Nc1cccc2ccccc12. The summed E-state index contributed by atoms with van der Waals surface area (Å²) >= 11 is 0. The number of hydrogen-bond acceptors (Lipinski definition) is 6. The molecule has 1 aromatic heterocycles. The van der Waals surface area contributed by atoms with Gasteiger partial charge in [0.25, 0.3) is 0 Å². The van der Waals surface area contributed by atoms with Gasteiger partial charge in [0.05, 0.1) is 12.5 Å². The number of carbonyl (C=O) groups is 3. The first-order chi connectivity index (χ1) is 15.6. The molecule has 0 unspecified atom stereocenters. The predicted molar refractivity (Wildman–Crippen MR) is 118 cm³/mol. The molecule has 32 heavy (non-hydrogen) atoms. The Labute approximate surface area is 182 Å². The molecule has 0 atom stereocenters. The number of hydrazone groups is 1. The van der Waals surface area contributed by atoms with E-state index in [1.165, 1.54) is 18.5 Å². The fraction of sp³-hybridized carbons (Fsp3) is 0. The standard InChI is InChI=1S/C24H17N3O5/c28-22(26-20-8-3-6-17-5-1-2-7-19(17)20)23(29)27-25-15-16-10-12-18(13-11-16)32-24(30)21-9-4-14-31-21/h1-15H,(H,26,28)(H,27,29)/b25-15+. The normalized spacial score (nSPS) is 10.8. The van der Waals surface area contributed by atoms with Crippen molar-refractivity contribution in [3.8, 4) is 5.75 Å². The number of carbonyl (C=O) groups excluding carboxylic acids is 3. The molecule has 4 rings (SSSR count). The highest BCUT2D eigenvalue weighted by atomic mass is 16.5. The first-order valence-corrected chi connectivity index (χ1v) is 9.58. The third-order valence-electron chi connectivity index (χ3n) is 4.44. The number of nitrogens with one attached hydrogen (secondary N) is 2. The molecule has 0 saturated heterocycles. The number of amides is 2. The first-order valence-electron chi connectivity index (χ1n) is 9.58. The lowest BCUT2D eigenvalue weighted by Crippen LogP contribution is -2.32. The van der Waals surface area contributed by atoms with Crippen LogP contribution in [0.2, 0.25) is 0 Å². The molecular weight excluding hydrogens is 410 g/mol. The van der Waals surface area contributed by atoms with Gasteiger partial charge < -0.3 is 14.5 Å². The quantitative estimate of drug-likeness (QED) is 0.166. The summed E-state index contributed by atoms with van der Waals surface area (Å²) in [5.41, 5.74) is 3.34. The molecule has 0 fully saturated rings. The topological polar surface area (TPSA) is 110 Å². The van der Waals surface area contributed by atoms with Crippen LogP contribution in [-0.4, -0.2) is 24.0 Å². The highest BCUT2D eigenvalue weighted by molar-refractivity contribution is 6.40. The summed E-state index contributed by atoms with van der Waals surface area (Å²) in [6.45, 7) is 0. The minimum atomic E-state index is -0.904. The Hall–Kier alpha value is -4.72. The molecule has 1 heterocycles. The molecular formula is C24H17N3O5. The maximum atomic E-state index is 12.2. The maximum Gasteiger partial charge on any atom is 0.379 e. The molecule has 8 nitrogen and oxygen atoms in total. The smallest absolute Gasteiger partial charge is 0.379 e. The van der Waals surface area contributed by atoms with Crippen LogP contribution in [0, 0.1) is 0 Å². The predicted octanol–water partition coefficient (Wildman–Crippen LogP) is 3.74. The van der Waals surface area contributed by atoms with Crippen molar-refractivity contribution >= 4 is 40.5 Å². The zero-order valence-electron chi connectivity index (χ0n) is 16.6. The van der Waals surface area contributed by atoms with Gasteiger partial charge in [-0.25, -0.2) is 10.2 Å². The Morgan fingerprint density at radius 1 is 0.844 bits per heavy atom. The Balaban J connectivity index is 1.31. The summed E-state index contributed by atoms with van der Waals surface area (Å²) in [6, 6.07) is 22.4. The van der Waals surface area contributed by atoms with Gasteiger partial charge in [-0.05, 0) is 53.4 Å². The highest BCUT2D eigenvalue weighted by Crippen LogP contribution is 2.22. The van der Waals surface area contributed by atoms with Crippen molar-refractivity contribution in [2.75, 3.05) is 5.32 Å². The molecule has 0 aliphatic heterocycles. The van der Waals surface area contributed by atoms with Crippen molar-refractivity contribution in [1.29, 1.82) is 0 Å². The molecule has 0 aliphatic carbocycles. The zero-order chi connectivity index (χ0) is 22.3. The maximum absolute atomic E-state index is 12.2. The van der Waals surface area contributed by atoms with E-state index in [4.69, 9.17) is 9.15 Å². The Kier molecular flexibility index (Phi) is 6.03. The van der Waals surface area contributed by atoms with Gasteiger partial charge in [-0.3, -0.25) is 9.59 Å². The van der Waals surface area contributed by atoms with E-state index in [1.54, 1.807) is 42.5 Å². The number of hydrogen-bond donors (Lipinski definition) is 2. The van der Waals surface area contributed by atoms with Crippen LogP contribution in [0.3, 0.4) is 0 Å².